The van der Waals surface area contributed by atoms with Crippen LogP contribution in [0, 0.1) is 23.2 Å². The largest absolute Gasteiger partial charge is 0.497 e. The highest BCUT2D eigenvalue weighted by atomic mass is 16.5. The summed E-state index contributed by atoms with van der Waals surface area (Å²) in [5.41, 5.74) is -0.272. The molecule has 1 aromatic heterocycles. The van der Waals surface area contributed by atoms with Gasteiger partial charge in [0.25, 0.3) is 0 Å². The molecule has 0 bridgehead atoms. The number of carbonyl (C=O) groups is 5. The highest BCUT2D eigenvalue weighted by Gasteiger charge is 2.61. The average Bonchev–Trinajstić information content (AvgIpc) is 3.77. The van der Waals surface area contributed by atoms with E-state index in [4.69, 9.17) is 19.2 Å². The monoisotopic (exact) mass is 780 g/mol. The third-order valence-corrected chi connectivity index (χ3v) is 11.4. The Morgan fingerprint density at radius 2 is 1.70 bits per heavy atom. The summed E-state index contributed by atoms with van der Waals surface area (Å²) in [6, 6.07) is 14.7. The molecule has 3 aliphatic rings. The van der Waals surface area contributed by atoms with Gasteiger partial charge in [-0.3, -0.25) is 14.4 Å². The van der Waals surface area contributed by atoms with Crippen molar-refractivity contribution in [3.63, 3.8) is 0 Å². The predicted octanol–water partition coefficient (Wildman–Crippen LogP) is 5.52. The Morgan fingerprint density at radius 1 is 0.982 bits per heavy atom. The maximum absolute atomic E-state index is 14.4. The molecule has 3 amide bonds. The summed E-state index contributed by atoms with van der Waals surface area (Å²) in [5.74, 6) is -4.34. The van der Waals surface area contributed by atoms with Gasteiger partial charge in [-0.15, -0.1) is 6.58 Å². The Labute approximate surface area is 332 Å². The van der Waals surface area contributed by atoms with Crippen LogP contribution >= 0.6 is 0 Å². The molecule has 13 nitrogen and oxygen atoms in total. The van der Waals surface area contributed by atoms with Crippen molar-refractivity contribution in [1.82, 2.24) is 20.9 Å². The van der Waals surface area contributed by atoms with Crippen LogP contribution in [0.5, 0.6) is 11.5 Å². The second-order valence-corrected chi connectivity index (χ2v) is 16.3. The van der Waals surface area contributed by atoms with Crippen LogP contribution in [0.1, 0.15) is 65.7 Å². The zero-order valence-electron chi connectivity index (χ0n) is 33.1. The molecule has 2 aromatic carbocycles. The molecule has 0 aliphatic heterocycles. The Kier molecular flexibility index (Phi) is 12.1. The third kappa shape index (κ3) is 8.82. The van der Waals surface area contributed by atoms with Gasteiger partial charge in [0.15, 0.2) is 0 Å². The molecule has 302 valence electrons. The first kappa shape index (κ1) is 40.9. The van der Waals surface area contributed by atoms with E-state index < -0.39 is 70.6 Å². The number of rotatable bonds is 14. The molecular weight excluding hydrogens is 729 g/mol. The lowest BCUT2D eigenvalue weighted by molar-refractivity contribution is -0.148. The third-order valence-electron chi connectivity index (χ3n) is 11.4. The van der Waals surface area contributed by atoms with Crippen LogP contribution in [0.15, 0.2) is 78.9 Å². The van der Waals surface area contributed by atoms with Gasteiger partial charge in [-0.05, 0) is 48.8 Å². The molecular formula is C44H52N4O9. The second-order valence-electron chi connectivity index (χ2n) is 16.3. The second kappa shape index (κ2) is 16.8. The van der Waals surface area contributed by atoms with Gasteiger partial charge in [-0.25, -0.2) is 14.6 Å². The summed E-state index contributed by atoms with van der Waals surface area (Å²) in [7, 11) is 2.85. The van der Waals surface area contributed by atoms with Crippen LogP contribution in [-0.2, 0) is 28.7 Å². The van der Waals surface area contributed by atoms with Gasteiger partial charge < -0.3 is 35.3 Å². The maximum Gasteiger partial charge on any atom is 0.330 e. The molecule has 0 spiro atoms. The van der Waals surface area contributed by atoms with Crippen molar-refractivity contribution in [2.45, 2.75) is 89.4 Å². The lowest BCUT2D eigenvalue weighted by Crippen LogP contribution is -2.58. The van der Waals surface area contributed by atoms with Crippen molar-refractivity contribution in [3.05, 3.63) is 78.9 Å². The van der Waals surface area contributed by atoms with Gasteiger partial charge >= 0.3 is 11.9 Å². The minimum Gasteiger partial charge on any atom is -0.497 e. The van der Waals surface area contributed by atoms with Crippen LogP contribution in [0.2, 0.25) is 0 Å². The summed E-state index contributed by atoms with van der Waals surface area (Å²) in [5, 5.41) is 19.2. The van der Waals surface area contributed by atoms with Crippen molar-refractivity contribution < 1.29 is 43.3 Å². The molecule has 6 atom stereocenters. The topological polar surface area (TPSA) is 182 Å². The molecule has 3 aliphatic carbocycles. The van der Waals surface area contributed by atoms with E-state index in [0.29, 0.717) is 28.1 Å². The highest BCUT2D eigenvalue weighted by molar-refractivity contribution is 6.04. The van der Waals surface area contributed by atoms with Crippen LogP contribution < -0.4 is 25.4 Å². The van der Waals surface area contributed by atoms with Gasteiger partial charge in [-0.2, -0.15) is 0 Å². The van der Waals surface area contributed by atoms with Gasteiger partial charge in [-0.1, -0.05) is 76.4 Å². The van der Waals surface area contributed by atoms with E-state index in [1.165, 1.54) is 13.2 Å². The van der Waals surface area contributed by atoms with Gasteiger partial charge in [0.1, 0.15) is 35.2 Å². The highest BCUT2D eigenvalue weighted by Crippen LogP contribution is 2.45. The van der Waals surface area contributed by atoms with E-state index >= 15 is 0 Å². The Hall–Kier alpha value is -5.72. The Bertz CT molecular complexity index is 2070. The number of amides is 3. The fourth-order valence-corrected chi connectivity index (χ4v) is 8.04. The molecule has 2 fully saturated rings. The van der Waals surface area contributed by atoms with Crippen LogP contribution in [0.25, 0.3) is 22.2 Å². The smallest absolute Gasteiger partial charge is 0.330 e. The minimum absolute atomic E-state index is 0.00214. The van der Waals surface area contributed by atoms with E-state index in [0.717, 1.165) is 37.7 Å². The molecule has 57 heavy (non-hydrogen) atoms. The fourth-order valence-electron chi connectivity index (χ4n) is 8.04. The fraction of sp³-hybridized carbons (Fsp3) is 0.455. The summed E-state index contributed by atoms with van der Waals surface area (Å²) in [4.78, 5) is 72.7. The number of carbonyl (C=O) groups excluding carboxylic acids is 4. The maximum atomic E-state index is 14.4. The Morgan fingerprint density at radius 3 is 2.32 bits per heavy atom. The van der Waals surface area contributed by atoms with E-state index in [2.05, 4.69) is 22.5 Å². The van der Waals surface area contributed by atoms with Crippen molar-refractivity contribution >= 4 is 40.6 Å². The average molecular weight is 781 g/mol. The number of aromatic nitrogens is 1. The van der Waals surface area contributed by atoms with Crippen LogP contribution in [-0.4, -0.2) is 77.7 Å². The molecule has 6 rings (SSSR count). The number of benzene rings is 2. The van der Waals surface area contributed by atoms with E-state index in [-0.39, 0.29) is 24.3 Å². The van der Waals surface area contributed by atoms with Crippen LogP contribution in [0.4, 0.5) is 0 Å². The molecule has 2 saturated carbocycles. The van der Waals surface area contributed by atoms with Crippen molar-refractivity contribution in [2.24, 2.45) is 23.2 Å². The lowest BCUT2D eigenvalue weighted by Gasteiger charge is -2.34. The summed E-state index contributed by atoms with van der Waals surface area (Å²) in [6.07, 6.45) is 6.84. The molecule has 0 unspecified atom stereocenters. The number of pyridine rings is 1. The van der Waals surface area contributed by atoms with Crippen molar-refractivity contribution in [3.8, 4) is 22.8 Å². The number of nitrogens with zero attached hydrogens (tertiary/aromatic N) is 1. The Balaban J connectivity index is 1.33. The molecule has 0 saturated heterocycles. The normalized spacial score (nSPS) is 23.0. The number of hydrogen-bond donors (Lipinski definition) is 4. The molecule has 13 heteroatoms. The SMILES string of the molecule is C=C[C@@H]1C[C@]1(NC(=O)[C@@H]1C[C@@H](Oc2cc(-c3ccccc3)nc3cc(OC)ccc23)C=C1C(=O)N[C@H](C(=O)N[C@H](C(=O)OC)C1CCCCC1)C(C)(C)C)C(=O)O. The number of fused-ring (bicyclic) bond motifs is 1. The standard InChI is InChI=1S/C44H52N4O9/c1-7-27-24-44(27,42(53)54)48-39(50)32-21-29(57-35-23-33(25-14-10-8-11-15-25)45-34-22-28(55-5)18-19-30(34)35)20-31(32)38(49)47-37(43(2,3)4)40(51)46-36(41(52)56-6)26-16-12-9-13-17-26/h7-8,10-11,14-15,18-20,22-23,26-27,29,32,36-37H,1,9,12-13,16-17,21,24H2,2-6H3,(H,46,51)(H,47,49)(H,48,50)(H,53,54)/t27-,29+,32-,36+,37-,44-/m1/s1. The zero-order valence-corrected chi connectivity index (χ0v) is 33.1. The lowest BCUT2D eigenvalue weighted by atomic mass is 9.82. The van der Waals surface area contributed by atoms with Crippen molar-refractivity contribution in [2.75, 3.05) is 14.2 Å². The van der Waals surface area contributed by atoms with E-state index in [1.54, 1.807) is 52.2 Å². The number of esters is 1. The first-order valence-electron chi connectivity index (χ1n) is 19.5. The number of carboxylic acid groups (broad SMARTS) is 1. The van der Waals surface area contributed by atoms with E-state index in [9.17, 15) is 29.1 Å². The predicted molar refractivity (Wildman–Crippen MR) is 213 cm³/mol. The van der Waals surface area contributed by atoms with Gasteiger partial charge in [0.05, 0.1) is 31.3 Å². The number of ether oxygens (including phenoxy) is 3. The molecule has 1 heterocycles. The van der Waals surface area contributed by atoms with E-state index in [1.807, 2.05) is 36.4 Å². The van der Waals surface area contributed by atoms with Gasteiger partial charge in [0, 0.05) is 41.0 Å². The summed E-state index contributed by atoms with van der Waals surface area (Å²) in [6.45, 7) is 9.09. The van der Waals surface area contributed by atoms with Crippen LogP contribution in [0.3, 0.4) is 0 Å². The number of methoxy groups -OCH3 is 2. The number of hydrogen-bond acceptors (Lipinski definition) is 9. The first-order valence-corrected chi connectivity index (χ1v) is 19.5. The zero-order chi connectivity index (χ0) is 41.1. The number of aliphatic carboxylic acids is 1. The number of nitrogens with one attached hydrogen (secondary N) is 3. The molecule has 4 N–H and O–H groups in total. The first-order chi connectivity index (χ1) is 27.2. The summed E-state index contributed by atoms with van der Waals surface area (Å²) >= 11 is 0. The minimum atomic E-state index is -1.54. The quantitative estimate of drug-likeness (QED) is 0.120. The van der Waals surface area contributed by atoms with Crippen molar-refractivity contribution in [1.29, 1.82) is 0 Å². The van der Waals surface area contributed by atoms with Gasteiger partial charge in [0.2, 0.25) is 17.7 Å². The molecule has 0 radical (unpaired) electrons. The molecule has 3 aromatic rings. The summed E-state index contributed by atoms with van der Waals surface area (Å²) < 4.78 is 17.2. The number of carboxylic acids is 1.